The fourth-order valence-electron chi connectivity index (χ4n) is 2.41. The quantitative estimate of drug-likeness (QED) is 0.614. The van der Waals surface area contributed by atoms with Crippen LogP contribution in [-0.4, -0.2) is 25.2 Å². The summed E-state index contributed by atoms with van der Waals surface area (Å²) in [5, 5.41) is 16.4. The largest absolute Gasteiger partial charge is 0.419 e. The van der Waals surface area contributed by atoms with Gasteiger partial charge in [0.05, 0.1) is 11.4 Å². The van der Waals surface area contributed by atoms with Crippen molar-refractivity contribution in [3.05, 3.63) is 65.5 Å². The van der Waals surface area contributed by atoms with Crippen molar-refractivity contribution < 1.29 is 12.8 Å². The summed E-state index contributed by atoms with van der Waals surface area (Å²) in [6, 6.07) is 14.4. The predicted octanol–water partition coefficient (Wildman–Crippen LogP) is 2.02. The van der Waals surface area contributed by atoms with Crippen LogP contribution in [-0.2, 0) is 23.0 Å². The van der Waals surface area contributed by atoms with Gasteiger partial charge in [-0.2, -0.15) is 0 Å². The van der Waals surface area contributed by atoms with Crippen molar-refractivity contribution in [1.82, 2.24) is 15.5 Å². The van der Waals surface area contributed by atoms with Gasteiger partial charge in [-0.15, -0.1) is 10.2 Å². The first-order valence-electron chi connectivity index (χ1n) is 8.14. The molecule has 0 amide bonds. The highest BCUT2D eigenvalue weighted by Crippen LogP contribution is 2.18. The molecule has 0 aliphatic carbocycles. The molecular weight excluding hydrogens is 352 g/mol. The van der Waals surface area contributed by atoms with Gasteiger partial charge in [0.2, 0.25) is 21.8 Å². The van der Waals surface area contributed by atoms with Crippen LogP contribution in [0.25, 0.3) is 11.5 Å². The molecule has 2 aromatic carbocycles. The van der Waals surface area contributed by atoms with E-state index in [2.05, 4.69) is 15.5 Å². The number of nitrogens with zero attached hydrogens (tertiary/aromatic N) is 2. The van der Waals surface area contributed by atoms with Crippen molar-refractivity contribution in [3.8, 4) is 11.5 Å². The number of hydrogen-bond donors (Lipinski definition) is 2. The number of benzene rings is 2. The van der Waals surface area contributed by atoms with E-state index in [1.54, 1.807) is 12.1 Å². The van der Waals surface area contributed by atoms with Gasteiger partial charge in [0.15, 0.2) is 0 Å². The monoisotopic (exact) mass is 372 g/mol. The van der Waals surface area contributed by atoms with Crippen molar-refractivity contribution >= 4 is 10.0 Å². The third kappa shape index (κ3) is 4.75. The summed E-state index contributed by atoms with van der Waals surface area (Å²) in [6.07, 6.45) is 0.740. The molecule has 0 aliphatic rings. The van der Waals surface area contributed by atoms with Gasteiger partial charge < -0.3 is 9.73 Å². The number of aryl methyl sites for hydroxylation is 1. The van der Waals surface area contributed by atoms with Crippen LogP contribution >= 0.6 is 0 Å². The molecule has 0 radical (unpaired) electrons. The van der Waals surface area contributed by atoms with E-state index >= 15 is 0 Å². The van der Waals surface area contributed by atoms with Crippen molar-refractivity contribution in [1.29, 1.82) is 0 Å². The maximum atomic E-state index is 11.2. The smallest absolute Gasteiger partial charge is 0.247 e. The van der Waals surface area contributed by atoms with Gasteiger partial charge >= 0.3 is 0 Å². The van der Waals surface area contributed by atoms with Crippen LogP contribution in [0.4, 0.5) is 0 Å². The molecule has 0 saturated carbocycles. The minimum Gasteiger partial charge on any atom is -0.419 e. The zero-order chi connectivity index (χ0) is 18.6. The van der Waals surface area contributed by atoms with Crippen molar-refractivity contribution in [2.75, 3.05) is 6.54 Å². The number of primary sulfonamides is 1. The Morgan fingerprint density at radius 1 is 1.04 bits per heavy atom. The normalized spacial score (nSPS) is 11.6. The number of nitrogens with two attached hydrogens (primary N) is 1. The Morgan fingerprint density at radius 2 is 1.73 bits per heavy atom. The second-order valence-corrected chi connectivity index (χ2v) is 7.54. The Bertz CT molecular complexity index is 964. The third-order valence-electron chi connectivity index (χ3n) is 3.88. The van der Waals surface area contributed by atoms with Gasteiger partial charge in [-0.25, -0.2) is 13.6 Å². The Hall–Kier alpha value is -2.55. The number of rotatable bonds is 7. The Kier molecular flexibility index (Phi) is 5.46. The second kappa shape index (κ2) is 7.77. The van der Waals surface area contributed by atoms with E-state index in [0.29, 0.717) is 24.9 Å². The molecular formula is C18H20N4O3S. The van der Waals surface area contributed by atoms with E-state index in [-0.39, 0.29) is 4.90 Å². The molecule has 1 aromatic heterocycles. The molecule has 0 fully saturated rings. The maximum Gasteiger partial charge on any atom is 0.247 e. The van der Waals surface area contributed by atoms with Crippen LogP contribution in [0, 0.1) is 6.92 Å². The van der Waals surface area contributed by atoms with Gasteiger partial charge in [0.25, 0.3) is 0 Å². The van der Waals surface area contributed by atoms with E-state index < -0.39 is 10.0 Å². The summed E-state index contributed by atoms with van der Waals surface area (Å²) in [4.78, 5) is 0.115. The summed E-state index contributed by atoms with van der Waals surface area (Å²) < 4.78 is 28.1. The summed E-state index contributed by atoms with van der Waals surface area (Å²) in [7, 11) is -3.65. The minimum absolute atomic E-state index is 0.115. The first-order chi connectivity index (χ1) is 12.4. The van der Waals surface area contributed by atoms with Gasteiger partial charge in [-0.3, -0.25) is 0 Å². The summed E-state index contributed by atoms with van der Waals surface area (Å²) >= 11 is 0. The molecule has 3 aromatic rings. The predicted molar refractivity (Wildman–Crippen MR) is 97.7 cm³/mol. The van der Waals surface area contributed by atoms with E-state index in [0.717, 1.165) is 17.5 Å². The molecule has 0 bridgehead atoms. The second-order valence-electron chi connectivity index (χ2n) is 5.98. The lowest BCUT2D eigenvalue weighted by molar-refractivity contribution is 0.478. The number of aromatic nitrogens is 2. The van der Waals surface area contributed by atoms with Crippen LogP contribution in [0.3, 0.4) is 0 Å². The average Bonchev–Trinajstić information content (AvgIpc) is 3.08. The highest BCUT2D eigenvalue weighted by molar-refractivity contribution is 7.89. The SMILES string of the molecule is Cc1ccc(-c2nnc(CNCCc3ccc(S(N)(=O)=O)cc3)o2)cc1. The molecule has 136 valence electrons. The van der Waals surface area contributed by atoms with Crippen LogP contribution in [0.5, 0.6) is 0 Å². The molecule has 0 atom stereocenters. The third-order valence-corrected chi connectivity index (χ3v) is 4.81. The van der Waals surface area contributed by atoms with Crippen LogP contribution in [0.2, 0.25) is 0 Å². The van der Waals surface area contributed by atoms with E-state index in [4.69, 9.17) is 9.56 Å². The highest BCUT2D eigenvalue weighted by atomic mass is 32.2. The summed E-state index contributed by atoms with van der Waals surface area (Å²) in [5.41, 5.74) is 3.08. The molecule has 3 rings (SSSR count). The molecule has 0 unspecified atom stereocenters. The first-order valence-corrected chi connectivity index (χ1v) is 9.68. The van der Waals surface area contributed by atoms with Crippen LogP contribution in [0.1, 0.15) is 17.0 Å². The Labute approximate surface area is 152 Å². The van der Waals surface area contributed by atoms with Crippen molar-refractivity contribution in [2.24, 2.45) is 5.14 Å². The molecule has 7 nitrogen and oxygen atoms in total. The topological polar surface area (TPSA) is 111 Å². The van der Waals surface area contributed by atoms with E-state index in [1.807, 2.05) is 31.2 Å². The lowest BCUT2D eigenvalue weighted by Gasteiger charge is -2.04. The summed E-state index contributed by atoms with van der Waals surface area (Å²) in [6.45, 7) is 3.18. The molecule has 3 N–H and O–H groups in total. The maximum absolute atomic E-state index is 11.2. The van der Waals surface area contributed by atoms with Crippen molar-refractivity contribution in [2.45, 2.75) is 24.8 Å². The number of hydrogen-bond acceptors (Lipinski definition) is 6. The summed E-state index contributed by atoms with van der Waals surface area (Å²) in [5.74, 6) is 1.02. The van der Waals surface area contributed by atoms with Gasteiger partial charge in [0, 0.05) is 5.56 Å². The molecule has 0 spiro atoms. The molecule has 0 aliphatic heterocycles. The molecule has 8 heteroatoms. The fraction of sp³-hybridized carbons (Fsp3) is 0.222. The zero-order valence-corrected chi connectivity index (χ0v) is 15.2. The Balaban J connectivity index is 1.49. The minimum atomic E-state index is -3.65. The average molecular weight is 372 g/mol. The first kappa shape index (κ1) is 18.2. The molecule has 26 heavy (non-hydrogen) atoms. The lowest BCUT2D eigenvalue weighted by atomic mass is 10.1. The van der Waals surface area contributed by atoms with Gasteiger partial charge in [-0.05, 0) is 49.7 Å². The highest BCUT2D eigenvalue weighted by Gasteiger charge is 2.09. The Morgan fingerprint density at radius 3 is 2.38 bits per heavy atom. The van der Waals surface area contributed by atoms with E-state index in [9.17, 15) is 8.42 Å². The fourth-order valence-corrected chi connectivity index (χ4v) is 2.93. The standard InChI is InChI=1S/C18H20N4O3S/c1-13-2-6-15(7-3-13)18-22-21-17(25-18)12-20-11-10-14-4-8-16(9-5-14)26(19,23)24/h2-9,20H,10-12H2,1H3,(H2,19,23,24). The zero-order valence-electron chi connectivity index (χ0n) is 14.3. The lowest BCUT2D eigenvalue weighted by Crippen LogP contribution is -2.17. The number of nitrogens with one attached hydrogen (secondary N) is 1. The van der Waals surface area contributed by atoms with Crippen LogP contribution < -0.4 is 10.5 Å². The van der Waals surface area contributed by atoms with E-state index in [1.165, 1.54) is 17.7 Å². The van der Waals surface area contributed by atoms with Gasteiger partial charge in [-0.1, -0.05) is 29.8 Å². The molecule has 0 saturated heterocycles. The van der Waals surface area contributed by atoms with Crippen molar-refractivity contribution in [3.63, 3.8) is 0 Å². The number of sulfonamides is 1. The van der Waals surface area contributed by atoms with Gasteiger partial charge in [0.1, 0.15) is 0 Å². The van der Waals surface area contributed by atoms with Crippen LogP contribution in [0.15, 0.2) is 57.8 Å². The molecule has 1 heterocycles.